The fraction of sp³-hybridized carbons (Fsp3) is 0.467. The fourth-order valence-corrected chi connectivity index (χ4v) is 1.69. The van der Waals surface area contributed by atoms with Crippen molar-refractivity contribution in [2.45, 2.75) is 32.6 Å². The highest BCUT2D eigenvalue weighted by Gasteiger charge is 2.08. The van der Waals surface area contributed by atoms with Crippen molar-refractivity contribution in [3.05, 3.63) is 35.4 Å². The van der Waals surface area contributed by atoms with E-state index in [1.54, 1.807) is 19.0 Å². The van der Waals surface area contributed by atoms with Crippen LogP contribution in [0.4, 0.5) is 0 Å². The number of carbonyl (C=O) groups excluding carboxylic acids is 2. The Morgan fingerprint density at radius 1 is 1.06 bits per heavy atom. The van der Waals surface area contributed by atoms with Crippen molar-refractivity contribution in [1.82, 2.24) is 4.90 Å². The first-order valence-electron chi connectivity index (χ1n) is 6.37. The van der Waals surface area contributed by atoms with Crippen molar-refractivity contribution in [2.24, 2.45) is 0 Å². The van der Waals surface area contributed by atoms with Gasteiger partial charge in [0.15, 0.2) is 5.78 Å². The van der Waals surface area contributed by atoms with E-state index in [0.29, 0.717) is 19.3 Å². The molecule has 1 aromatic carbocycles. The van der Waals surface area contributed by atoms with Crippen LogP contribution in [0.1, 0.15) is 42.1 Å². The minimum Gasteiger partial charge on any atom is -0.349 e. The average molecular weight is 247 g/mol. The molecule has 3 nitrogen and oxygen atoms in total. The maximum Gasteiger partial charge on any atom is 0.222 e. The number of nitrogens with zero attached hydrogens (tertiary/aromatic N) is 1. The summed E-state index contributed by atoms with van der Waals surface area (Å²) in [6.45, 7) is 2.09. The summed E-state index contributed by atoms with van der Waals surface area (Å²) >= 11 is 0. The summed E-state index contributed by atoms with van der Waals surface area (Å²) in [7, 11) is 3.46. The summed E-state index contributed by atoms with van der Waals surface area (Å²) in [5.41, 5.74) is 1.97. The Morgan fingerprint density at radius 2 is 1.67 bits per heavy atom. The lowest BCUT2D eigenvalue weighted by molar-refractivity contribution is -0.128. The van der Waals surface area contributed by atoms with E-state index >= 15 is 0 Å². The Hall–Kier alpha value is -1.64. The fourth-order valence-electron chi connectivity index (χ4n) is 1.69. The molecule has 0 unspecified atom stereocenters. The SMILES string of the molecule is CCc1ccc(C(=O)CCCC(=O)N(C)C)cc1. The van der Waals surface area contributed by atoms with Gasteiger partial charge in [0.2, 0.25) is 5.91 Å². The van der Waals surface area contributed by atoms with Gasteiger partial charge in [0.1, 0.15) is 0 Å². The molecule has 0 atom stereocenters. The third kappa shape index (κ3) is 4.32. The highest BCUT2D eigenvalue weighted by molar-refractivity contribution is 5.96. The Bertz CT molecular complexity index is 407. The number of aryl methyl sites for hydroxylation is 1. The molecule has 0 saturated carbocycles. The van der Waals surface area contributed by atoms with E-state index in [0.717, 1.165) is 12.0 Å². The molecule has 18 heavy (non-hydrogen) atoms. The number of ketones is 1. The molecule has 0 fully saturated rings. The second-order valence-corrected chi connectivity index (χ2v) is 4.62. The lowest BCUT2D eigenvalue weighted by Gasteiger charge is -2.09. The van der Waals surface area contributed by atoms with Gasteiger partial charge in [0.25, 0.3) is 0 Å². The molecule has 0 aliphatic heterocycles. The maximum absolute atomic E-state index is 11.9. The Morgan fingerprint density at radius 3 is 2.17 bits per heavy atom. The van der Waals surface area contributed by atoms with Crippen LogP contribution in [-0.4, -0.2) is 30.7 Å². The van der Waals surface area contributed by atoms with Gasteiger partial charge in [-0.05, 0) is 18.4 Å². The van der Waals surface area contributed by atoms with Crippen LogP contribution in [-0.2, 0) is 11.2 Å². The van der Waals surface area contributed by atoms with Gasteiger partial charge >= 0.3 is 0 Å². The van der Waals surface area contributed by atoms with E-state index in [2.05, 4.69) is 6.92 Å². The predicted octanol–water partition coefficient (Wildman–Crippen LogP) is 2.69. The van der Waals surface area contributed by atoms with Gasteiger partial charge in [-0.1, -0.05) is 31.2 Å². The molecule has 0 spiro atoms. The topological polar surface area (TPSA) is 37.4 Å². The number of rotatable bonds is 6. The van der Waals surface area contributed by atoms with E-state index in [-0.39, 0.29) is 11.7 Å². The van der Waals surface area contributed by atoms with Crippen LogP contribution in [0.15, 0.2) is 24.3 Å². The summed E-state index contributed by atoms with van der Waals surface area (Å²) in [4.78, 5) is 24.8. The first kappa shape index (κ1) is 14.4. The van der Waals surface area contributed by atoms with E-state index < -0.39 is 0 Å². The quantitative estimate of drug-likeness (QED) is 0.725. The molecule has 0 aliphatic carbocycles. The predicted molar refractivity (Wildman–Crippen MR) is 72.7 cm³/mol. The van der Waals surface area contributed by atoms with Crippen molar-refractivity contribution in [3.8, 4) is 0 Å². The summed E-state index contributed by atoms with van der Waals surface area (Å²) in [5.74, 6) is 0.188. The third-order valence-electron chi connectivity index (χ3n) is 2.98. The second-order valence-electron chi connectivity index (χ2n) is 4.62. The molecule has 0 N–H and O–H groups in total. The molecular formula is C15H21NO2. The zero-order chi connectivity index (χ0) is 13.5. The van der Waals surface area contributed by atoms with Crippen molar-refractivity contribution < 1.29 is 9.59 Å². The Balaban J connectivity index is 2.43. The van der Waals surface area contributed by atoms with Crippen LogP contribution in [0.2, 0.25) is 0 Å². The Kier molecular flexibility index (Phi) is 5.56. The van der Waals surface area contributed by atoms with Gasteiger partial charge in [0.05, 0.1) is 0 Å². The number of amides is 1. The van der Waals surface area contributed by atoms with Crippen molar-refractivity contribution >= 4 is 11.7 Å². The summed E-state index contributed by atoms with van der Waals surface area (Å²) in [6.07, 6.45) is 2.47. The molecular weight excluding hydrogens is 226 g/mol. The van der Waals surface area contributed by atoms with Crippen molar-refractivity contribution in [3.63, 3.8) is 0 Å². The smallest absolute Gasteiger partial charge is 0.222 e. The summed E-state index contributed by atoms with van der Waals surface area (Å²) in [5, 5.41) is 0. The number of hydrogen-bond acceptors (Lipinski definition) is 2. The minimum absolute atomic E-state index is 0.0733. The molecule has 1 rings (SSSR count). The van der Waals surface area contributed by atoms with Gasteiger partial charge in [-0.2, -0.15) is 0 Å². The van der Waals surface area contributed by atoms with E-state index in [1.165, 1.54) is 5.56 Å². The monoisotopic (exact) mass is 247 g/mol. The van der Waals surface area contributed by atoms with E-state index in [9.17, 15) is 9.59 Å². The van der Waals surface area contributed by atoms with Crippen molar-refractivity contribution in [1.29, 1.82) is 0 Å². The normalized spacial score (nSPS) is 10.2. The number of benzene rings is 1. The second kappa shape index (κ2) is 6.94. The molecule has 0 saturated heterocycles. The van der Waals surface area contributed by atoms with Gasteiger partial charge in [-0.15, -0.1) is 0 Å². The third-order valence-corrected chi connectivity index (χ3v) is 2.98. The van der Waals surface area contributed by atoms with Crippen LogP contribution < -0.4 is 0 Å². The minimum atomic E-state index is 0.0733. The molecule has 0 heterocycles. The highest BCUT2D eigenvalue weighted by atomic mass is 16.2. The van der Waals surface area contributed by atoms with Crippen LogP contribution in [0.5, 0.6) is 0 Å². The van der Waals surface area contributed by atoms with Gasteiger partial charge in [-0.25, -0.2) is 0 Å². The summed E-state index contributed by atoms with van der Waals surface area (Å²) in [6, 6.07) is 7.71. The van der Waals surface area contributed by atoms with Crippen LogP contribution in [0, 0.1) is 0 Å². The average Bonchev–Trinajstić information content (AvgIpc) is 2.38. The van der Waals surface area contributed by atoms with Crippen molar-refractivity contribution in [2.75, 3.05) is 14.1 Å². The molecule has 0 aliphatic rings. The van der Waals surface area contributed by atoms with Crippen LogP contribution in [0.25, 0.3) is 0 Å². The molecule has 0 bridgehead atoms. The molecule has 3 heteroatoms. The lowest BCUT2D eigenvalue weighted by atomic mass is 10.0. The van der Waals surface area contributed by atoms with E-state index in [1.807, 2.05) is 24.3 Å². The highest BCUT2D eigenvalue weighted by Crippen LogP contribution is 2.10. The zero-order valence-electron chi connectivity index (χ0n) is 11.4. The van der Waals surface area contributed by atoms with Gasteiger partial charge < -0.3 is 4.90 Å². The van der Waals surface area contributed by atoms with E-state index in [4.69, 9.17) is 0 Å². The molecule has 0 aromatic heterocycles. The summed E-state index contributed by atoms with van der Waals surface area (Å²) < 4.78 is 0. The van der Waals surface area contributed by atoms with Gasteiger partial charge in [-0.3, -0.25) is 9.59 Å². The Labute approximate surface area is 109 Å². The van der Waals surface area contributed by atoms with Crippen LogP contribution in [0.3, 0.4) is 0 Å². The standard InChI is InChI=1S/C15H21NO2/c1-4-12-8-10-13(11-9-12)14(17)6-5-7-15(18)16(2)3/h8-11H,4-7H2,1-3H3. The van der Waals surface area contributed by atoms with Crippen LogP contribution >= 0.6 is 0 Å². The number of hydrogen-bond donors (Lipinski definition) is 0. The van der Waals surface area contributed by atoms with Gasteiger partial charge in [0, 0.05) is 32.5 Å². The molecule has 0 radical (unpaired) electrons. The molecule has 98 valence electrons. The zero-order valence-corrected chi connectivity index (χ0v) is 11.4. The number of carbonyl (C=O) groups is 2. The first-order valence-corrected chi connectivity index (χ1v) is 6.37. The molecule has 1 amide bonds. The maximum atomic E-state index is 11.9. The number of Topliss-reactive ketones (excluding diaryl/α,β-unsaturated/α-hetero) is 1. The largest absolute Gasteiger partial charge is 0.349 e. The molecule has 1 aromatic rings. The lowest BCUT2D eigenvalue weighted by Crippen LogP contribution is -2.21. The first-order chi connectivity index (χ1) is 8.54.